The Hall–Kier alpha value is -3.89. The van der Waals surface area contributed by atoms with Crippen LogP contribution < -0.4 is 19.6 Å². The standard InChI is InChI=1S/C16H16N4O7/c1-25-14-8-16(27-3)15(26-2)6-10(14)9-17-18-12-5-4-11(19(21)22)7-13(12)20(23)24/h4-9,18H,1-3H3. The van der Waals surface area contributed by atoms with Crippen molar-refractivity contribution in [2.45, 2.75) is 0 Å². The molecule has 0 amide bonds. The molecule has 0 heterocycles. The number of ether oxygens (including phenoxy) is 3. The first-order valence-corrected chi connectivity index (χ1v) is 7.43. The number of hydrogen-bond donors (Lipinski definition) is 1. The van der Waals surface area contributed by atoms with E-state index in [1.807, 2.05) is 0 Å². The number of rotatable bonds is 8. The number of hydrogen-bond acceptors (Lipinski definition) is 9. The third-order valence-corrected chi connectivity index (χ3v) is 3.51. The molecule has 0 bridgehead atoms. The molecule has 0 aliphatic rings. The number of methoxy groups -OCH3 is 3. The number of nitrogens with one attached hydrogen (secondary N) is 1. The average molecular weight is 376 g/mol. The van der Waals surface area contributed by atoms with Gasteiger partial charge >= 0.3 is 5.69 Å². The summed E-state index contributed by atoms with van der Waals surface area (Å²) in [6.07, 6.45) is 1.37. The van der Waals surface area contributed by atoms with E-state index in [-0.39, 0.29) is 5.69 Å². The number of non-ortho nitro benzene ring substituents is 1. The van der Waals surface area contributed by atoms with Crippen molar-refractivity contribution < 1.29 is 24.1 Å². The number of anilines is 1. The highest BCUT2D eigenvalue weighted by molar-refractivity contribution is 5.86. The highest BCUT2D eigenvalue weighted by Crippen LogP contribution is 2.34. The maximum absolute atomic E-state index is 11.1. The van der Waals surface area contributed by atoms with Crippen LogP contribution in [0.1, 0.15) is 5.56 Å². The molecule has 0 fully saturated rings. The molecule has 2 aromatic carbocycles. The summed E-state index contributed by atoms with van der Waals surface area (Å²) in [5, 5.41) is 25.8. The van der Waals surface area contributed by atoms with Gasteiger partial charge in [0.15, 0.2) is 11.5 Å². The molecular formula is C16H16N4O7. The summed E-state index contributed by atoms with van der Waals surface area (Å²) < 4.78 is 15.7. The fourth-order valence-corrected chi connectivity index (χ4v) is 2.20. The molecule has 11 nitrogen and oxygen atoms in total. The van der Waals surface area contributed by atoms with E-state index in [1.54, 1.807) is 12.1 Å². The van der Waals surface area contributed by atoms with Gasteiger partial charge in [-0.1, -0.05) is 0 Å². The molecule has 142 valence electrons. The second-order valence-electron chi connectivity index (χ2n) is 5.03. The summed E-state index contributed by atoms with van der Waals surface area (Å²) in [5.74, 6) is 1.35. The average Bonchev–Trinajstić information content (AvgIpc) is 2.67. The summed E-state index contributed by atoms with van der Waals surface area (Å²) in [7, 11) is 4.43. The molecule has 0 saturated heterocycles. The lowest BCUT2D eigenvalue weighted by molar-refractivity contribution is -0.393. The van der Waals surface area contributed by atoms with Gasteiger partial charge in [-0.05, 0) is 12.1 Å². The van der Waals surface area contributed by atoms with Crippen LogP contribution in [0, 0.1) is 20.2 Å². The summed E-state index contributed by atoms with van der Waals surface area (Å²) in [5.41, 5.74) is 2.16. The third kappa shape index (κ3) is 4.39. The van der Waals surface area contributed by atoms with E-state index >= 15 is 0 Å². The molecule has 0 saturated carbocycles. The summed E-state index contributed by atoms with van der Waals surface area (Å²) in [4.78, 5) is 20.4. The van der Waals surface area contributed by atoms with Crippen LogP contribution in [0.2, 0.25) is 0 Å². The van der Waals surface area contributed by atoms with Crippen molar-refractivity contribution in [3.8, 4) is 17.2 Å². The summed E-state index contributed by atoms with van der Waals surface area (Å²) in [6.45, 7) is 0. The lowest BCUT2D eigenvalue weighted by Crippen LogP contribution is -2.00. The molecule has 2 aromatic rings. The smallest absolute Gasteiger partial charge is 0.301 e. The maximum Gasteiger partial charge on any atom is 0.301 e. The Morgan fingerprint density at radius 1 is 0.926 bits per heavy atom. The van der Waals surface area contributed by atoms with Crippen molar-refractivity contribution in [3.05, 3.63) is 56.1 Å². The van der Waals surface area contributed by atoms with E-state index in [4.69, 9.17) is 14.2 Å². The van der Waals surface area contributed by atoms with Crippen LogP contribution in [0.5, 0.6) is 17.2 Å². The molecule has 0 radical (unpaired) electrons. The van der Waals surface area contributed by atoms with Gasteiger partial charge in [0.1, 0.15) is 11.4 Å². The molecule has 0 unspecified atom stereocenters. The number of nitro groups is 2. The Kier molecular flexibility index (Phi) is 6.10. The zero-order valence-corrected chi connectivity index (χ0v) is 14.7. The Bertz CT molecular complexity index is 899. The quantitative estimate of drug-likeness (QED) is 0.421. The molecule has 11 heteroatoms. The van der Waals surface area contributed by atoms with Crippen LogP contribution in [0.15, 0.2) is 35.4 Å². The van der Waals surface area contributed by atoms with Crippen molar-refractivity contribution in [3.63, 3.8) is 0 Å². The Balaban J connectivity index is 2.32. The van der Waals surface area contributed by atoms with Gasteiger partial charge in [0.2, 0.25) is 0 Å². The predicted octanol–water partition coefficient (Wildman–Crippen LogP) is 2.97. The van der Waals surface area contributed by atoms with E-state index in [9.17, 15) is 20.2 Å². The molecule has 0 aliphatic carbocycles. The van der Waals surface area contributed by atoms with Crippen LogP contribution in [0.4, 0.5) is 17.1 Å². The first-order valence-electron chi connectivity index (χ1n) is 7.43. The molecule has 0 aromatic heterocycles. The van der Waals surface area contributed by atoms with Crippen LogP contribution in [-0.2, 0) is 0 Å². The van der Waals surface area contributed by atoms with Crippen LogP contribution in [0.3, 0.4) is 0 Å². The van der Waals surface area contributed by atoms with Crippen LogP contribution in [-0.4, -0.2) is 37.4 Å². The van der Waals surface area contributed by atoms with E-state index in [2.05, 4.69) is 10.5 Å². The summed E-state index contributed by atoms with van der Waals surface area (Å²) >= 11 is 0. The van der Waals surface area contributed by atoms with E-state index in [1.165, 1.54) is 33.6 Å². The number of nitro benzene ring substituents is 2. The normalized spacial score (nSPS) is 10.5. The van der Waals surface area contributed by atoms with Crippen LogP contribution in [0.25, 0.3) is 0 Å². The Morgan fingerprint density at radius 2 is 1.56 bits per heavy atom. The van der Waals surface area contributed by atoms with E-state index in [0.29, 0.717) is 22.8 Å². The Labute approximate surface area is 153 Å². The predicted molar refractivity (Wildman–Crippen MR) is 97.1 cm³/mol. The van der Waals surface area contributed by atoms with Gasteiger partial charge in [-0.25, -0.2) is 0 Å². The third-order valence-electron chi connectivity index (χ3n) is 3.51. The van der Waals surface area contributed by atoms with Gasteiger partial charge in [0.05, 0.1) is 43.5 Å². The summed E-state index contributed by atoms with van der Waals surface area (Å²) in [6, 6.07) is 6.43. The van der Waals surface area contributed by atoms with Crippen molar-refractivity contribution in [2.24, 2.45) is 5.10 Å². The molecular weight excluding hydrogens is 360 g/mol. The van der Waals surface area contributed by atoms with E-state index < -0.39 is 21.2 Å². The second kappa shape index (κ2) is 8.47. The van der Waals surface area contributed by atoms with Gasteiger partial charge in [-0.3, -0.25) is 25.7 Å². The monoisotopic (exact) mass is 376 g/mol. The van der Waals surface area contributed by atoms with Crippen molar-refractivity contribution in [2.75, 3.05) is 26.8 Å². The van der Waals surface area contributed by atoms with Gasteiger partial charge in [-0.2, -0.15) is 5.10 Å². The highest BCUT2D eigenvalue weighted by Gasteiger charge is 2.19. The van der Waals surface area contributed by atoms with E-state index in [0.717, 1.165) is 12.1 Å². The Morgan fingerprint density at radius 3 is 2.11 bits per heavy atom. The fraction of sp³-hybridized carbons (Fsp3) is 0.188. The first-order chi connectivity index (χ1) is 12.9. The van der Waals surface area contributed by atoms with Gasteiger partial charge in [-0.15, -0.1) is 0 Å². The molecule has 0 atom stereocenters. The van der Waals surface area contributed by atoms with Crippen molar-refractivity contribution in [1.29, 1.82) is 0 Å². The number of nitrogens with zero attached hydrogens (tertiary/aromatic N) is 3. The van der Waals surface area contributed by atoms with Gasteiger partial charge < -0.3 is 14.2 Å². The molecule has 0 aliphatic heterocycles. The molecule has 0 spiro atoms. The van der Waals surface area contributed by atoms with Gasteiger partial charge in [0.25, 0.3) is 5.69 Å². The first kappa shape index (κ1) is 19.4. The second-order valence-corrected chi connectivity index (χ2v) is 5.03. The maximum atomic E-state index is 11.1. The topological polar surface area (TPSA) is 138 Å². The minimum absolute atomic E-state index is 0.00120. The number of hydrazone groups is 1. The highest BCUT2D eigenvalue weighted by atomic mass is 16.6. The molecule has 27 heavy (non-hydrogen) atoms. The number of benzene rings is 2. The largest absolute Gasteiger partial charge is 0.496 e. The lowest BCUT2D eigenvalue weighted by Gasteiger charge is -2.11. The molecule has 1 N–H and O–H groups in total. The zero-order chi connectivity index (χ0) is 20.0. The fourth-order valence-electron chi connectivity index (χ4n) is 2.20. The lowest BCUT2D eigenvalue weighted by atomic mass is 10.2. The minimum atomic E-state index is -0.734. The zero-order valence-electron chi connectivity index (χ0n) is 14.7. The van der Waals surface area contributed by atoms with Gasteiger partial charge in [0, 0.05) is 17.7 Å². The SMILES string of the molecule is COc1cc(OC)c(OC)cc1C=NNc1ccc([N+](=O)[O-])cc1[N+](=O)[O-]. The van der Waals surface area contributed by atoms with Crippen molar-refractivity contribution >= 4 is 23.3 Å². The van der Waals surface area contributed by atoms with Crippen LogP contribution >= 0.6 is 0 Å². The molecule has 2 rings (SSSR count). The van der Waals surface area contributed by atoms with Crippen molar-refractivity contribution in [1.82, 2.24) is 0 Å². The minimum Gasteiger partial charge on any atom is -0.496 e.